The van der Waals surface area contributed by atoms with Gasteiger partial charge in [0.2, 0.25) is 0 Å². The number of piperidine rings is 1. The van der Waals surface area contributed by atoms with Gasteiger partial charge in [-0.1, -0.05) is 0 Å². The Balaban J connectivity index is 2.03. The molecule has 2 rings (SSSR count). The zero-order chi connectivity index (χ0) is 10.7. The van der Waals surface area contributed by atoms with E-state index in [2.05, 4.69) is 11.0 Å². The SMILES string of the molecule is N#CC1(N2CCC(O)CC2)CCSCC1. The highest BCUT2D eigenvalue weighted by Gasteiger charge is 2.39. The number of rotatable bonds is 1. The number of likely N-dealkylation sites (tertiary alicyclic amines) is 1. The molecule has 0 bridgehead atoms. The van der Waals surface area contributed by atoms with Gasteiger partial charge in [0.15, 0.2) is 0 Å². The molecule has 0 aromatic carbocycles. The summed E-state index contributed by atoms with van der Waals surface area (Å²) < 4.78 is 0. The molecular formula is C11H18N2OS. The lowest BCUT2D eigenvalue weighted by molar-refractivity contribution is 0.0346. The van der Waals surface area contributed by atoms with Crippen LogP contribution in [0.3, 0.4) is 0 Å². The average molecular weight is 226 g/mol. The van der Waals surface area contributed by atoms with Crippen LogP contribution in [-0.4, -0.2) is 46.2 Å². The maximum absolute atomic E-state index is 9.47. The Morgan fingerprint density at radius 1 is 1.27 bits per heavy atom. The molecule has 2 saturated heterocycles. The highest BCUT2D eigenvalue weighted by Crippen LogP contribution is 2.33. The molecule has 0 aromatic rings. The Bertz CT molecular complexity index is 250. The molecule has 0 unspecified atom stereocenters. The monoisotopic (exact) mass is 226 g/mol. The molecule has 0 saturated carbocycles. The molecule has 4 heteroatoms. The fraction of sp³-hybridized carbons (Fsp3) is 0.909. The maximum Gasteiger partial charge on any atom is 0.110 e. The van der Waals surface area contributed by atoms with Crippen molar-refractivity contribution in [2.75, 3.05) is 24.6 Å². The van der Waals surface area contributed by atoms with Crippen molar-refractivity contribution >= 4 is 11.8 Å². The summed E-state index contributed by atoms with van der Waals surface area (Å²) in [6.07, 6.45) is 3.50. The number of nitriles is 1. The van der Waals surface area contributed by atoms with E-state index in [0.717, 1.165) is 50.3 Å². The van der Waals surface area contributed by atoms with E-state index in [-0.39, 0.29) is 11.6 Å². The van der Waals surface area contributed by atoms with Crippen molar-refractivity contribution in [3.8, 4) is 6.07 Å². The van der Waals surface area contributed by atoms with Gasteiger partial charge < -0.3 is 5.11 Å². The number of aliphatic hydroxyl groups excluding tert-OH is 1. The van der Waals surface area contributed by atoms with Crippen LogP contribution in [0.25, 0.3) is 0 Å². The molecule has 84 valence electrons. The standard InChI is InChI=1S/C11H18N2OS/c12-9-11(3-7-15-8-4-11)13-5-1-10(14)2-6-13/h10,14H,1-8H2. The second-order valence-corrected chi connectivity index (χ2v) is 5.70. The average Bonchev–Trinajstić information content (AvgIpc) is 2.31. The van der Waals surface area contributed by atoms with Crippen molar-refractivity contribution in [2.45, 2.75) is 37.3 Å². The van der Waals surface area contributed by atoms with E-state index < -0.39 is 0 Å². The number of hydrogen-bond donors (Lipinski definition) is 1. The summed E-state index contributed by atoms with van der Waals surface area (Å²) in [5.74, 6) is 2.21. The number of nitrogens with zero attached hydrogens (tertiary/aromatic N) is 2. The van der Waals surface area contributed by atoms with Crippen LogP contribution in [0, 0.1) is 11.3 Å². The molecule has 2 aliphatic rings. The Kier molecular flexibility index (Phi) is 3.55. The third-order valence-corrected chi connectivity index (χ3v) is 4.58. The van der Waals surface area contributed by atoms with E-state index >= 15 is 0 Å². The first-order valence-electron chi connectivity index (χ1n) is 5.69. The largest absolute Gasteiger partial charge is 0.393 e. The van der Waals surface area contributed by atoms with Crippen LogP contribution in [0.15, 0.2) is 0 Å². The highest BCUT2D eigenvalue weighted by atomic mass is 32.2. The van der Waals surface area contributed by atoms with Gasteiger partial charge in [-0.25, -0.2) is 0 Å². The minimum absolute atomic E-state index is 0.144. The Morgan fingerprint density at radius 2 is 1.87 bits per heavy atom. The molecule has 0 atom stereocenters. The van der Waals surface area contributed by atoms with Gasteiger partial charge in [0.25, 0.3) is 0 Å². The first kappa shape index (κ1) is 11.3. The Morgan fingerprint density at radius 3 is 2.40 bits per heavy atom. The number of thioether (sulfide) groups is 1. The van der Waals surface area contributed by atoms with Crippen LogP contribution in [0.2, 0.25) is 0 Å². The van der Waals surface area contributed by atoms with Crippen LogP contribution in [0.5, 0.6) is 0 Å². The fourth-order valence-electron chi connectivity index (χ4n) is 2.50. The number of aliphatic hydroxyl groups is 1. The third kappa shape index (κ3) is 2.30. The zero-order valence-corrected chi connectivity index (χ0v) is 9.80. The van der Waals surface area contributed by atoms with Crippen molar-refractivity contribution < 1.29 is 5.11 Å². The van der Waals surface area contributed by atoms with E-state index in [4.69, 9.17) is 0 Å². The van der Waals surface area contributed by atoms with Gasteiger partial charge >= 0.3 is 0 Å². The lowest BCUT2D eigenvalue weighted by atomic mass is 9.89. The Hall–Kier alpha value is -0.240. The predicted molar refractivity (Wildman–Crippen MR) is 61.7 cm³/mol. The van der Waals surface area contributed by atoms with Crippen molar-refractivity contribution in [1.29, 1.82) is 5.26 Å². The summed E-state index contributed by atoms with van der Waals surface area (Å²) in [6, 6.07) is 2.53. The molecule has 0 radical (unpaired) electrons. The van der Waals surface area contributed by atoms with Crippen molar-refractivity contribution in [3.05, 3.63) is 0 Å². The normalized spacial score (nSPS) is 28.5. The van der Waals surface area contributed by atoms with E-state index in [0.29, 0.717) is 0 Å². The van der Waals surface area contributed by atoms with Gasteiger partial charge in [0.05, 0.1) is 12.2 Å². The number of hydrogen-bond acceptors (Lipinski definition) is 4. The fourth-order valence-corrected chi connectivity index (χ4v) is 3.67. The summed E-state index contributed by atoms with van der Waals surface area (Å²) in [5, 5.41) is 18.9. The third-order valence-electron chi connectivity index (χ3n) is 3.60. The molecular weight excluding hydrogens is 208 g/mol. The molecule has 0 amide bonds. The quantitative estimate of drug-likeness (QED) is 0.730. The summed E-state index contributed by atoms with van der Waals surface area (Å²) in [6.45, 7) is 1.78. The summed E-state index contributed by atoms with van der Waals surface area (Å²) in [4.78, 5) is 2.31. The van der Waals surface area contributed by atoms with Gasteiger partial charge in [-0.05, 0) is 37.2 Å². The topological polar surface area (TPSA) is 47.3 Å². The first-order valence-corrected chi connectivity index (χ1v) is 6.84. The molecule has 2 fully saturated rings. The van der Waals surface area contributed by atoms with E-state index in [1.807, 2.05) is 11.8 Å². The predicted octanol–water partition coefficient (Wildman–Crippen LogP) is 1.23. The van der Waals surface area contributed by atoms with Gasteiger partial charge in [0.1, 0.15) is 5.54 Å². The summed E-state index contributed by atoms with van der Waals surface area (Å²) in [7, 11) is 0. The minimum Gasteiger partial charge on any atom is -0.393 e. The van der Waals surface area contributed by atoms with Gasteiger partial charge in [-0.2, -0.15) is 17.0 Å². The van der Waals surface area contributed by atoms with Gasteiger partial charge in [0, 0.05) is 13.1 Å². The molecule has 0 aliphatic carbocycles. The maximum atomic E-state index is 9.47. The second kappa shape index (κ2) is 4.73. The van der Waals surface area contributed by atoms with Crippen molar-refractivity contribution in [1.82, 2.24) is 4.90 Å². The highest BCUT2D eigenvalue weighted by molar-refractivity contribution is 7.99. The van der Waals surface area contributed by atoms with Crippen LogP contribution in [0.1, 0.15) is 25.7 Å². The molecule has 3 nitrogen and oxygen atoms in total. The zero-order valence-electron chi connectivity index (χ0n) is 8.98. The molecule has 0 spiro atoms. The first-order chi connectivity index (χ1) is 7.27. The lowest BCUT2D eigenvalue weighted by Crippen LogP contribution is -2.53. The summed E-state index contributed by atoms with van der Waals surface area (Å²) in [5.41, 5.74) is -0.217. The lowest BCUT2D eigenvalue weighted by Gasteiger charge is -2.43. The van der Waals surface area contributed by atoms with E-state index in [1.165, 1.54) is 0 Å². The van der Waals surface area contributed by atoms with Gasteiger partial charge in [-0.15, -0.1) is 0 Å². The van der Waals surface area contributed by atoms with Crippen LogP contribution in [-0.2, 0) is 0 Å². The smallest absolute Gasteiger partial charge is 0.110 e. The summed E-state index contributed by atoms with van der Waals surface area (Å²) >= 11 is 1.95. The van der Waals surface area contributed by atoms with Crippen LogP contribution >= 0.6 is 11.8 Å². The van der Waals surface area contributed by atoms with Gasteiger partial charge in [-0.3, -0.25) is 4.90 Å². The van der Waals surface area contributed by atoms with Crippen molar-refractivity contribution in [2.24, 2.45) is 0 Å². The Labute approximate surface area is 95.4 Å². The molecule has 0 aromatic heterocycles. The van der Waals surface area contributed by atoms with Crippen LogP contribution < -0.4 is 0 Å². The van der Waals surface area contributed by atoms with Crippen LogP contribution in [0.4, 0.5) is 0 Å². The molecule has 2 heterocycles. The van der Waals surface area contributed by atoms with E-state index in [1.54, 1.807) is 0 Å². The molecule has 15 heavy (non-hydrogen) atoms. The van der Waals surface area contributed by atoms with E-state index in [9.17, 15) is 10.4 Å². The van der Waals surface area contributed by atoms with Crippen molar-refractivity contribution in [3.63, 3.8) is 0 Å². The molecule has 1 N–H and O–H groups in total. The second-order valence-electron chi connectivity index (χ2n) is 4.47. The minimum atomic E-state index is -0.217. The molecule has 2 aliphatic heterocycles.